The monoisotopic (exact) mass is 317 g/mol. The van der Waals surface area contributed by atoms with E-state index in [1.807, 2.05) is 48.7 Å². The summed E-state index contributed by atoms with van der Waals surface area (Å²) in [5.74, 6) is 0. The summed E-state index contributed by atoms with van der Waals surface area (Å²) < 4.78 is 2.06. The van der Waals surface area contributed by atoms with Crippen LogP contribution >= 0.6 is 11.8 Å². The number of benzene rings is 2. The van der Waals surface area contributed by atoms with Crippen LogP contribution in [0.15, 0.2) is 78.1 Å². The van der Waals surface area contributed by atoms with Crippen molar-refractivity contribution in [2.45, 2.75) is 5.16 Å². The van der Waals surface area contributed by atoms with Crippen molar-refractivity contribution in [3.05, 3.63) is 72.9 Å². The van der Waals surface area contributed by atoms with E-state index in [1.54, 1.807) is 11.8 Å². The Hall–Kier alpha value is -2.59. The quantitative estimate of drug-likeness (QED) is 0.402. The van der Waals surface area contributed by atoms with E-state index >= 15 is 0 Å². The van der Waals surface area contributed by atoms with Gasteiger partial charge in [0.05, 0.1) is 11.4 Å². The van der Waals surface area contributed by atoms with Gasteiger partial charge in [-0.05, 0) is 6.26 Å². The number of aromatic nitrogens is 3. The first-order chi connectivity index (χ1) is 11.3. The van der Waals surface area contributed by atoms with Crippen LogP contribution in [0.5, 0.6) is 0 Å². The number of nitrogens with zero attached hydrogens (tertiary/aromatic N) is 3. The molecule has 0 unspecified atom stereocenters. The van der Waals surface area contributed by atoms with E-state index in [2.05, 4.69) is 34.9 Å². The first-order valence-corrected chi connectivity index (χ1v) is 8.62. The summed E-state index contributed by atoms with van der Waals surface area (Å²) in [6.45, 7) is 0. The molecule has 0 atom stereocenters. The highest BCUT2D eigenvalue weighted by Gasteiger charge is 2.11. The third-order valence-corrected chi connectivity index (χ3v) is 4.40. The van der Waals surface area contributed by atoms with Crippen LogP contribution in [0.3, 0.4) is 0 Å². The Balaban J connectivity index is 1.90. The highest BCUT2D eigenvalue weighted by Crippen LogP contribution is 2.26. The van der Waals surface area contributed by atoms with Crippen LogP contribution < -0.4 is 0 Å². The molecular formula is C19H15N3S. The highest BCUT2D eigenvalue weighted by atomic mass is 32.2. The lowest BCUT2D eigenvalue weighted by Gasteiger charge is -2.05. The van der Waals surface area contributed by atoms with Gasteiger partial charge in [0, 0.05) is 23.4 Å². The average molecular weight is 317 g/mol. The standard InChI is InChI=1S/C19H15N3S/c1-23-19-21-16(14-8-4-2-5-9-14)12-18-20-17(13-22(18)19)15-10-6-3-7-11-15/h2-13H,1H3. The molecule has 4 heteroatoms. The maximum absolute atomic E-state index is 4.79. The molecule has 0 saturated heterocycles. The molecule has 0 aliphatic carbocycles. The van der Waals surface area contributed by atoms with Gasteiger partial charge in [0.2, 0.25) is 0 Å². The van der Waals surface area contributed by atoms with Crippen molar-refractivity contribution >= 4 is 17.4 Å². The van der Waals surface area contributed by atoms with Gasteiger partial charge in [-0.2, -0.15) is 0 Å². The van der Waals surface area contributed by atoms with Crippen molar-refractivity contribution in [3.63, 3.8) is 0 Å². The van der Waals surface area contributed by atoms with Crippen molar-refractivity contribution < 1.29 is 0 Å². The van der Waals surface area contributed by atoms with Crippen LogP contribution in [0.4, 0.5) is 0 Å². The minimum atomic E-state index is 0.919. The van der Waals surface area contributed by atoms with Crippen LogP contribution in [0.1, 0.15) is 0 Å². The second kappa shape index (κ2) is 5.89. The third kappa shape index (κ3) is 2.62. The van der Waals surface area contributed by atoms with Crippen LogP contribution in [0.25, 0.3) is 28.2 Å². The molecule has 2 aromatic carbocycles. The summed E-state index contributed by atoms with van der Waals surface area (Å²) in [5.41, 5.74) is 5.06. The lowest BCUT2D eigenvalue weighted by Crippen LogP contribution is -1.95. The number of imidazole rings is 1. The third-order valence-electron chi connectivity index (χ3n) is 3.74. The van der Waals surface area contributed by atoms with E-state index in [4.69, 9.17) is 9.97 Å². The smallest absolute Gasteiger partial charge is 0.174 e. The molecule has 4 aromatic rings. The van der Waals surface area contributed by atoms with Gasteiger partial charge in [0.1, 0.15) is 5.65 Å². The van der Waals surface area contributed by atoms with E-state index in [1.165, 1.54) is 0 Å². The first-order valence-electron chi connectivity index (χ1n) is 7.40. The summed E-state index contributed by atoms with van der Waals surface area (Å²) >= 11 is 1.63. The maximum atomic E-state index is 4.79. The van der Waals surface area contributed by atoms with Gasteiger partial charge in [0.15, 0.2) is 5.16 Å². The Kier molecular flexibility index (Phi) is 3.60. The topological polar surface area (TPSA) is 30.2 Å². The molecule has 3 nitrogen and oxygen atoms in total. The first kappa shape index (κ1) is 14.0. The largest absolute Gasteiger partial charge is 0.278 e. The summed E-state index contributed by atoms with van der Waals surface area (Å²) in [6.07, 6.45) is 4.09. The van der Waals surface area contributed by atoms with Gasteiger partial charge in [0.25, 0.3) is 0 Å². The van der Waals surface area contributed by atoms with Crippen molar-refractivity contribution in [1.29, 1.82) is 0 Å². The van der Waals surface area contributed by atoms with Gasteiger partial charge >= 0.3 is 0 Å². The van der Waals surface area contributed by atoms with Crippen LogP contribution in [0, 0.1) is 0 Å². The van der Waals surface area contributed by atoms with E-state index in [0.29, 0.717) is 0 Å². The predicted octanol–water partition coefficient (Wildman–Crippen LogP) is 4.79. The molecule has 2 aromatic heterocycles. The molecule has 0 saturated carbocycles. The van der Waals surface area contributed by atoms with Crippen molar-refractivity contribution in [1.82, 2.24) is 14.4 Å². The lowest BCUT2D eigenvalue weighted by molar-refractivity contribution is 0.910. The fraction of sp³-hybridized carbons (Fsp3) is 0.0526. The molecule has 0 aliphatic heterocycles. The summed E-state index contributed by atoms with van der Waals surface area (Å²) in [5, 5.41) is 0.941. The molecular weight excluding hydrogens is 302 g/mol. The molecule has 23 heavy (non-hydrogen) atoms. The number of hydrogen-bond acceptors (Lipinski definition) is 3. The van der Waals surface area contributed by atoms with Crippen LogP contribution in [0.2, 0.25) is 0 Å². The molecule has 0 amide bonds. The van der Waals surface area contributed by atoms with E-state index in [0.717, 1.165) is 33.3 Å². The minimum Gasteiger partial charge on any atom is -0.278 e. The Labute approximate surface area is 139 Å². The normalized spacial score (nSPS) is 11.0. The van der Waals surface area contributed by atoms with Gasteiger partial charge in [-0.25, -0.2) is 9.97 Å². The molecule has 0 aliphatic rings. The Morgan fingerprint density at radius 1 is 0.783 bits per heavy atom. The minimum absolute atomic E-state index is 0.919. The zero-order valence-corrected chi connectivity index (χ0v) is 13.5. The Morgan fingerprint density at radius 3 is 2.00 bits per heavy atom. The zero-order chi connectivity index (χ0) is 15.6. The van der Waals surface area contributed by atoms with Gasteiger partial charge in [-0.15, -0.1) is 0 Å². The molecule has 4 rings (SSSR count). The summed E-state index contributed by atoms with van der Waals surface area (Å²) in [7, 11) is 0. The van der Waals surface area contributed by atoms with E-state index < -0.39 is 0 Å². The Morgan fingerprint density at radius 2 is 1.39 bits per heavy atom. The predicted molar refractivity (Wildman–Crippen MR) is 95.6 cm³/mol. The van der Waals surface area contributed by atoms with Crippen molar-refractivity contribution in [3.8, 4) is 22.5 Å². The second-order valence-corrected chi connectivity index (χ2v) is 5.99. The van der Waals surface area contributed by atoms with Crippen LogP contribution in [-0.2, 0) is 0 Å². The fourth-order valence-electron chi connectivity index (χ4n) is 2.61. The lowest BCUT2D eigenvalue weighted by atomic mass is 10.1. The molecule has 0 N–H and O–H groups in total. The molecule has 0 spiro atoms. The summed E-state index contributed by atoms with van der Waals surface area (Å²) in [6, 6.07) is 22.5. The number of thioether (sulfide) groups is 1. The van der Waals surface area contributed by atoms with E-state index in [9.17, 15) is 0 Å². The van der Waals surface area contributed by atoms with Gasteiger partial charge in [-0.1, -0.05) is 72.4 Å². The molecule has 0 radical (unpaired) electrons. The molecule has 0 bridgehead atoms. The Bertz CT molecular complexity index is 946. The maximum Gasteiger partial charge on any atom is 0.174 e. The van der Waals surface area contributed by atoms with E-state index in [-0.39, 0.29) is 0 Å². The number of fused-ring (bicyclic) bond motifs is 1. The number of rotatable bonds is 3. The number of hydrogen-bond donors (Lipinski definition) is 0. The van der Waals surface area contributed by atoms with Gasteiger partial charge in [-0.3, -0.25) is 4.40 Å². The SMILES string of the molecule is CSc1nc(-c2ccccc2)cc2nc(-c3ccccc3)cn12. The second-order valence-electron chi connectivity index (χ2n) is 5.21. The fourth-order valence-corrected chi connectivity index (χ4v) is 3.14. The van der Waals surface area contributed by atoms with Crippen LogP contribution in [-0.4, -0.2) is 20.6 Å². The van der Waals surface area contributed by atoms with Crippen molar-refractivity contribution in [2.75, 3.05) is 6.26 Å². The molecule has 112 valence electrons. The molecule has 0 fully saturated rings. The summed E-state index contributed by atoms with van der Waals surface area (Å²) in [4.78, 5) is 9.57. The van der Waals surface area contributed by atoms with Crippen molar-refractivity contribution in [2.24, 2.45) is 0 Å². The highest BCUT2D eigenvalue weighted by molar-refractivity contribution is 7.98. The molecule has 2 heterocycles. The van der Waals surface area contributed by atoms with Gasteiger partial charge < -0.3 is 0 Å². The zero-order valence-electron chi connectivity index (χ0n) is 12.7. The average Bonchev–Trinajstić information content (AvgIpc) is 3.06.